The molecule has 0 radical (unpaired) electrons. The SMILES string of the molecule is Cc1c(C(=O)n2ccnc2)c2ccccc2n1[C@H](C)C1CCN(CC(C)(F)F)CC1. The average Bonchev–Trinajstić information content (AvgIpc) is 3.32. The van der Waals surface area contributed by atoms with Crippen molar-refractivity contribution in [1.82, 2.24) is 19.0 Å². The Bertz CT molecular complexity index is 1030. The summed E-state index contributed by atoms with van der Waals surface area (Å²) < 4.78 is 30.5. The zero-order valence-corrected chi connectivity index (χ0v) is 17.7. The lowest BCUT2D eigenvalue weighted by molar-refractivity contribution is -0.0239. The van der Waals surface area contributed by atoms with Gasteiger partial charge in [-0.2, -0.15) is 0 Å². The lowest BCUT2D eigenvalue weighted by Gasteiger charge is -2.37. The number of carbonyl (C=O) groups excluding carboxylic acids is 1. The summed E-state index contributed by atoms with van der Waals surface area (Å²) in [6.45, 7) is 6.33. The molecule has 1 aromatic carbocycles. The molecule has 0 bridgehead atoms. The van der Waals surface area contributed by atoms with Gasteiger partial charge in [-0.05, 0) is 51.8 Å². The second-order valence-electron chi connectivity index (χ2n) is 8.55. The van der Waals surface area contributed by atoms with Crippen molar-refractivity contribution in [2.24, 2.45) is 5.92 Å². The summed E-state index contributed by atoms with van der Waals surface area (Å²) in [6.07, 6.45) is 6.53. The number of rotatable bonds is 5. The van der Waals surface area contributed by atoms with E-state index in [1.807, 2.05) is 30.0 Å². The third kappa shape index (κ3) is 3.90. The number of para-hydroxylation sites is 1. The molecule has 3 aromatic rings. The predicted octanol–water partition coefficient (Wildman–Crippen LogP) is 4.76. The van der Waals surface area contributed by atoms with Gasteiger partial charge in [0.2, 0.25) is 0 Å². The molecule has 0 N–H and O–H groups in total. The van der Waals surface area contributed by atoms with Crippen LogP contribution in [0.5, 0.6) is 0 Å². The zero-order chi connectivity index (χ0) is 21.5. The van der Waals surface area contributed by atoms with Crippen molar-refractivity contribution in [3.05, 3.63) is 54.2 Å². The van der Waals surface area contributed by atoms with Gasteiger partial charge in [-0.25, -0.2) is 13.8 Å². The van der Waals surface area contributed by atoms with Crippen LogP contribution in [0.3, 0.4) is 0 Å². The van der Waals surface area contributed by atoms with Crippen molar-refractivity contribution in [2.75, 3.05) is 19.6 Å². The van der Waals surface area contributed by atoms with Crippen LogP contribution in [0.1, 0.15) is 48.8 Å². The maximum absolute atomic E-state index is 13.4. The van der Waals surface area contributed by atoms with E-state index in [0.29, 0.717) is 24.6 Å². The smallest absolute Gasteiger partial charge is 0.265 e. The minimum Gasteiger partial charge on any atom is -0.341 e. The van der Waals surface area contributed by atoms with E-state index >= 15 is 0 Å². The molecule has 5 nitrogen and oxygen atoms in total. The number of carbonyl (C=O) groups is 1. The van der Waals surface area contributed by atoms with Crippen molar-refractivity contribution in [3.63, 3.8) is 0 Å². The molecule has 3 heterocycles. The van der Waals surface area contributed by atoms with Gasteiger partial charge in [-0.3, -0.25) is 14.3 Å². The number of alkyl halides is 2. The van der Waals surface area contributed by atoms with E-state index in [1.54, 1.807) is 12.4 Å². The highest BCUT2D eigenvalue weighted by Gasteiger charge is 2.32. The van der Waals surface area contributed by atoms with Crippen LogP contribution in [0.2, 0.25) is 0 Å². The summed E-state index contributed by atoms with van der Waals surface area (Å²) in [4.78, 5) is 19.0. The number of imidazole rings is 1. The van der Waals surface area contributed by atoms with Crippen molar-refractivity contribution in [3.8, 4) is 0 Å². The van der Waals surface area contributed by atoms with Crippen LogP contribution in [0.4, 0.5) is 8.78 Å². The van der Waals surface area contributed by atoms with Crippen molar-refractivity contribution in [2.45, 2.75) is 45.6 Å². The largest absolute Gasteiger partial charge is 0.341 e. The van der Waals surface area contributed by atoms with Crippen LogP contribution in [0.25, 0.3) is 10.9 Å². The number of piperidine rings is 1. The van der Waals surface area contributed by atoms with Crippen LogP contribution < -0.4 is 0 Å². The predicted molar refractivity (Wildman–Crippen MR) is 113 cm³/mol. The van der Waals surface area contributed by atoms with Crippen LogP contribution in [0.15, 0.2) is 43.0 Å². The number of fused-ring (bicyclic) bond motifs is 1. The third-order valence-corrected chi connectivity index (χ3v) is 6.33. The number of benzene rings is 1. The Morgan fingerprint density at radius 1 is 1.27 bits per heavy atom. The molecule has 1 saturated heterocycles. The Balaban J connectivity index is 1.63. The summed E-state index contributed by atoms with van der Waals surface area (Å²) in [5.74, 6) is -2.38. The molecule has 0 amide bonds. The molecule has 1 fully saturated rings. The zero-order valence-electron chi connectivity index (χ0n) is 17.7. The Morgan fingerprint density at radius 2 is 1.97 bits per heavy atom. The number of likely N-dealkylation sites (tertiary alicyclic amines) is 1. The maximum Gasteiger partial charge on any atom is 0.265 e. The number of halogens is 2. The van der Waals surface area contributed by atoms with E-state index in [-0.39, 0.29) is 18.5 Å². The van der Waals surface area contributed by atoms with Crippen LogP contribution >= 0.6 is 0 Å². The molecule has 160 valence electrons. The summed E-state index contributed by atoms with van der Waals surface area (Å²) in [5, 5.41) is 0.934. The first-order valence-corrected chi connectivity index (χ1v) is 10.5. The van der Waals surface area contributed by atoms with Gasteiger partial charge < -0.3 is 4.57 Å². The molecule has 4 rings (SSSR count). The number of hydrogen-bond acceptors (Lipinski definition) is 3. The van der Waals surface area contributed by atoms with Gasteiger partial charge in [-0.15, -0.1) is 0 Å². The molecule has 2 aromatic heterocycles. The van der Waals surface area contributed by atoms with Crippen LogP contribution in [-0.2, 0) is 0 Å². The molecule has 1 aliphatic heterocycles. The molecular weight excluding hydrogens is 386 g/mol. The topological polar surface area (TPSA) is 43.1 Å². The highest BCUT2D eigenvalue weighted by Crippen LogP contribution is 2.36. The van der Waals surface area contributed by atoms with Crippen molar-refractivity contribution in [1.29, 1.82) is 0 Å². The quantitative estimate of drug-likeness (QED) is 0.604. The Labute approximate surface area is 175 Å². The number of aromatic nitrogens is 3. The monoisotopic (exact) mass is 414 g/mol. The minimum atomic E-state index is -2.66. The van der Waals surface area contributed by atoms with Crippen LogP contribution in [-0.4, -0.2) is 50.5 Å². The first-order valence-electron chi connectivity index (χ1n) is 10.5. The second kappa shape index (κ2) is 7.95. The Hall–Kier alpha value is -2.54. The Kier molecular flexibility index (Phi) is 5.49. The maximum atomic E-state index is 13.4. The molecule has 7 heteroatoms. The van der Waals surface area contributed by atoms with E-state index in [9.17, 15) is 13.6 Å². The Morgan fingerprint density at radius 3 is 2.60 bits per heavy atom. The molecule has 0 spiro atoms. The van der Waals surface area contributed by atoms with Gasteiger partial charge in [0.25, 0.3) is 11.8 Å². The molecule has 1 aliphatic rings. The fraction of sp³-hybridized carbons (Fsp3) is 0.478. The first kappa shape index (κ1) is 20.7. The van der Waals surface area contributed by atoms with E-state index < -0.39 is 5.92 Å². The lowest BCUT2D eigenvalue weighted by atomic mass is 9.89. The molecule has 30 heavy (non-hydrogen) atoms. The standard InChI is InChI=1S/C23H28F2N4O/c1-16(18-8-11-27(12-9-18)14-23(3,24)25)29-17(2)21(19-6-4-5-7-20(19)29)22(30)28-13-10-26-15-28/h4-7,10,13,15-16,18H,8-9,11-12,14H2,1-3H3/t16-/m1/s1. The molecular formula is C23H28F2N4O. The fourth-order valence-corrected chi connectivity index (χ4v) is 4.89. The average molecular weight is 415 g/mol. The summed E-state index contributed by atoms with van der Waals surface area (Å²) in [5.41, 5.74) is 2.66. The molecule has 0 saturated carbocycles. The minimum absolute atomic E-state index is 0.0906. The van der Waals surface area contributed by atoms with Gasteiger partial charge in [0.05, 0.1) is 12.1 Å². The van der Waals surface area contributed by atoms with Crippen molar-refractivity contribution < 1.29 is 13.6 Å². The number of nitrogens with zero attached hydrogens (tertiary/aromatic N) is 4. The molecule has 0 unspecified atom stereocenters. The summed E-state index contributed by atoms with van der Waals surface area (Å²) >= 11 is 0. The third-order valence-electron chi connectivity index (χ3n) is 6.33. The highest BCUT2D eigenvalue weighted by molar-refractivity contribution is 6.09. The molecule has 1 atom stereocenters. The molecule has 0 aliphatic carbocycles. The van der Waals surface area contributed by atoms with E-state index in [4.69, 9.17) is 0 Å². The van der Waals surface area contributed by atoms with Gasteiger partial charge in [-0.1, -0.05) is 18.2 Å². The number of hydrogen-bond donors (Lipinski definition) is 0. The highest BCUT2D eigenvalue weighted by atomic mass is 19.3. The van der Waals surface area contributed by atoms with Gasteiger partial charge in [0.15, 0.2) is 0 Å². The van der Waals surface area contributed by atoms with E-state index in [2.05, 4.69) is 22.5 Å². The van der Waals surface area contributed by atoms with Crippen LogP contribution in [0, 0.1) is 12.8 Å². The lowest BCUT2D eigenvalue weighted by Crippen LogP contribution is -2.41. The van der Waals surface area contributed by atoms with Gasteiger partial charge in [0.1, 0.15) is 6.33 Å². The normalized spacial score (nSPS) is 17.5. The summed E-state index contributed by atoms with van der Waals surface area (Å²) in [6, 6.07) is 8.15. The fourth-order valence-electron chi connectivity index (χ4n) is 4.89. The van der Waals surface area contributed by atoms with Crippen molar-refractivity contribution >= 4 is 16.8 Å². The van der Waals surface area contributed by atoms with E-state index in [0.717, 1.165) is 36.4 Å². The van der Waals surface area contributed by atoms with Gasteiger partial charge >= 0.3 is 0 Å². The van der Waals surface area contributed by atoms with E-state index in [1.165, 1.54) is 10.9 Å². The summed E-state index contributed by atoms with van der Waals surface area (Å²) in [7, 11) is 0. The second-order valence-corrected chi connectivity index (χ2v) is 8.55. The van der Waals surface area contributed by atoms with Gasteiger partial charge in [0, 0.05) is 42.0 Å². The first-order chi connectivity index (χ1) is 14.3.